The SMILES string of the molecule is Cc1ccc(-c2cnn(C)c(=O)c2C(=O)O)c(C)c1. The Hall–Kier alpha value is -2.43. The normalized spacial score (nSPS) is 10.5. The van der Waals surface area contributed by atoms with Gasteiger partial charge in [-0.3, -0.25) is 4.79 Å². The summed E-state index contributed by atoms with van der Waals surface area (Å²) < 4.78 is 1.02. The molecule has 2 rings (SSSR count). The third-order valence-corrected chi connectivity index (χ3v) is 3.02. The maximum Gasteiger partial charge on any atom is 0.342 e. The maximum atomic E-state index is 11.9. The van der Waals surface area contributed by atoms with Crippen molar-refractivity contribution in [3.8, 4) is 11.1 Å². The smallest absolute Gasteiger partial charge is 0.342 e. The summed E-state index contributed by atoms with van der Waals surface area (Å²) in [6.07, 6.45) is 1.42. The number of carboxylic acids is 1. The molecule has 1 aromatic heterocycles. The lowest BCUT2D eigenvalue weighted by Crippen LogP contribution is -2.27. The minimum atomic E-state index is -1.24. The van der Waals surface area contributed by atoms with Crippen molar-refractivity contribution in [2.45, 2.75) is 13.8 Å². The highest BCUT2D eigenvalue weighted by Crippen LogP contribution is 2.25. The molecule has 0 spiro atoms. The van der Waals surface area contributed by atoms with Crippen LogP contribution >= 0.6 is 0 Å². The minimum Gasteiger partial charge on any atom is -0.477 e. The highest BCUT2D eigenvalue weighted by Gasteiger charge is 2.19. The van der Waals surface area contributed by atoms with Gasteiger partial charge in [-0.2, -0.15) is 5.10 Å². The van der Waals surface area contributed by atoms with Crippen LogP contribution in [0, 0.1) is 13.8 Å². The van der Waals surface area contributed by atoms with E-state index in [1.54, 1.807) is 0 Å². The lowest BCUT2D eigenvalue weighted by Gasteiger charge is -2.10. The van der Waals surface area contributed by atoms with E-state index in [-0.39, 0.29) is 5.56 Å². The molecule has 1 aromatic carbocycles. The average Bonchev–Trinajstić information content (AvgIpc) is 2.32. The van der Waals surface area contributed by atoms with Crippen molar-refractivity contribution in [1.29, 1.82) is 0 Å². The molecule has 0 fully saturated rings. The first kappa shape index (κ1) is 13.0. The van der Waals surface area contributed by atoms with Gasteiger partial charge >= 0.3 is 5.97 Å². The van der Waals surface area contributed by atoms with Gasteiger partial charge in [-0.05, 0) is 25.0 Å². The summed E-state index contributed by atoms with van der Waals surface area (Å²) in [4.78, 5) is 23.2. The van der Waals surface area contributed by atoms with Crippen LogP contribution in [0.25, 0.3) is 11.1 Å². The number of hydrogen-bond donors (Lipinski definition) is 1. The van der Waals surface area contributed by atoms with Crippen molar-refractivity contribution in [1.82, 2.24) is 9.78 Å². The second kappa shape index (κ2) is 4.68. The maximum absolute atomic E-state index is 11.9. The number of carboxylic acid groups (broad SMARTS) is 1. The Kier molecular flexibility index (Phi) is 3.21. The van der Waals surface area contributed by atoms with Gasteiger partial charge in [-0.1, -0.05) is 23.8 Å². The Labute approximate surface area is 110 Å². The molecule has 0 saturated heterocycles. The van der Waals surface area contributed by atoms with Crippen LogP contribution in [-0.4, -0.2) is 20.9 Å². The van der Waals surface area contributed by atoms with Crippen LogP contribution in [0.5, 0.6) is 0 Å². The van der Waals surface area contributed by atoms with Crippen molar-refractivity contribution in [3.05, 3.63) is 51.4 Å². The first-order valence-electron chi connectivity index (χ1n) is 5.79. The average molecular weight is 258 g/mol. The Balaban J connectivity index is 2.79. The summed E-state index contributed by atoms with van der Waals surface area (Å²) in [6.45, 7) is 3.84. The van der Waals surface area contributed by atoms with E-state index in [4.69, 9.17) is 0 Å². The second-order valence-corrected chi connectivity index (χ2v) is 4.49. The van der Waals surface area contributed by atoms with E-state index in [1.165, 1.54) is 13.2 Å². The van der Waals surface area contributed by atoms with Gasteiger partial charge in [0.2, 0.25) is 0 Å². The van der Waals surface area contributed by atoms with Gasteiger partial charge in [0.05, 0.1) is 6.20 Å². The third-order valence-electron chi connectivity index (χ3n) is 3.02. The lowest BCUT2D eigenvalue weighted by molar-refractivity contribution is 0.0694. The highest BCUT2D eigenvalue weighted by atomic mass is 16.4. The monoisotopic (exact) mass is 258 g/mol. The molecule has 0 aliphatic carbocycles. The van der Waals surface area contributed by atoms with Crippen LogP contribution in [0.3, 0.4) is 0 Å². The van der Waals surface area contributed by atoms with E-state index in [0.717, 1.165) is 15.8 Å². The quantitative estimate of drug-likeness (QED) is 0.890. The molecular weight excluding hydrogens is 244 g/mol. The summed E-state index contributed by atoms with van der Waals surface area (Å²) in [6, 6.07) is 5.64. The summed E-state index contributed by atoms with van der Waals surface area (Å²) in [5.41, 5.74) is 2.21. The van der Waals surface area contributed by atoms with Gasteiger partial charge in [0.15, 0.2) is 0 Å². The Morgan fingerprint density at radius 3 is 2.53 bits per heavy atom. The van der Waals surface area contributed by atoms with Crippen LogP contribution in [0.15, 0.2) is 29.2 Å². The first-order valence-corrected chi connectivity index (χ1v) is 5.79. The number of aryl methyl sites for hydroxylation is 3. The molecule has 98 valence electrons. The highest BCUT2D eigenvalue weighted by molar-refractivity contribution is 5.95. The van der Waals surface area contributed by atoms with E-state index in [1.807, 2.05) is 32.0 Å². The van der Waals surface area contributed by atoms with Crippen molar-refractivity contribution in [2.75, 3.05) is 0 Å². The molecule has 5 nitrogen and oxygen atoms in total. The van der Waals surface area contributed by atoms with Crippen LogP contribution in [0.1, 0.15) is 21.5 Å². The molecule has 1 heterocycles. The molecule has 2 aromatic rings. The molecule has 0 atom stereocenters. The van der Waals surface area contributed by atoms with Crippen molar-refractivity contribution in [2.24, 2.45) is 7.05 Å². The number of hydrogen-bond acceptors (Lipinski definition) is 3. The largest absolute Gasteiger partial charge is 0.477 e. The van der Waals surface area contributed by atoms with Crippen LogP contribution in [0.2, 0.25) is 0 Å². The molecule has 0 aliphatic heterocycles. The molecule has 0 saturated carbocycles. The lowest BCUT2D eigenvalue weighted by atomic mass is 9.97. The Bertz CT molecular complexity index is 717. The molecule has 1 N–H and O–H groups in total. The molecule has 0 radical (unpaired) electrons. The summed E-state index contributed by atoms with van der Waals surface area (Å²) in [5, 5.41) is 13.1. The fraction of sp³-hybridized carbons (Fsp3) is 0.214. The standard InChI is InChI=1S/C14H14N2O3/c1-8-4-5-10(9(2)6-8)11-7-15-16(3)13(17)12(11)14(18)19/h4-7H,1-3H3,(H,18,19). The van der Waals surface area contributed by atoms with Gasteiger partial charge in [0.25, 0.3) is 5.56 Å². The fourth-order valence-corrected chi connectivity index (χ4v) is 2.07. The zero-order valence-corrected chi connectivity index (χ0v) is 11.0. The summed E-state index contributed by atoms with van der Waals surface area (Å²) >= 11 is 0. The number of aromatic nitrogens is 2. The van der Waals surface area contributed by atoms with E-state index in [0.29, 0.717) is 11.1 Å². The van der Waals surface area contributed by atoms with Crippen LogP contribution in [-0.2, 0) is 7.05 Å². The van der Waals surface area contributed by atoms with Gasteiger partial charge in [0.1, 0.15) is 5.56 Å². The molecule has 0 bridgehead atoms. The summed E-state index contributed by atoms with van der Waals surface area (Å²) in [5.74, 6) is -1.24. The zero-order chi connectivity index (χ0) is 14.2. The predicted octanol–water partition coefficient (Wildman–Crippen LogP) is 1.76. The third kappa shape index (κ3) is 2.27. The number of nitrogens with zero attached hydrogens (tertiary/aromatic N) is 2. The topological polar surface area (TPSA) is 72.2 Å². The molecule has 19 heavy (non-hydrogen) atoms. The van der Waals surface area contributed by atoms with Gasteiger partial charge in [-0.25, -0.2) is 9.48 Å². The van der Waals surface area contributed by atoms with E-state index >= 15 is 0 Å². The molecule has 0 amide bonds. The number of aromatic carboxylic acids is 1. The van der Waals surface area contributed by atoms with E-state index in [9.17, 15) is 14.7 Å². The van der Waals surface area contributed by atoms with Crippen LogP contribution < -0.4 is 5.56 Å². The minimum absolute atomic E-state index is 0.246. The Morgan fingerprint density at radius 2 is 1.95 bits per heavy atom. The van der Waals surface area contributed by atoms with E-state index < -0.39 is 11.5 Å². The van der Waals surface area contributed by atoms with Crippen LogP contribution in [0.4, 0.5) is 0 Å². The van der Waals surface area contributed by atoms with Crippen molar-refractivity contribution in [3.63, 3.8) is 0 Å². The zero-order valence-electron chi connectivity index (χ0n) is 11.0. The predicted molar refractivity (Wildman–Crippen MR) is 71.3 cm³/mol. The van der Waals surface area contributed by atoms with Crippen molar-refractivity contribution < 1.29 is 9.90 Å². The molecule has 0 aliphatic rings. The number of carbonyl (C=O) groups is 1. The molecule has 5 heteroatoms. The fourth-order valence-electron chi connectivity index (χ4n) is 2.07. The van der Waals surface area contributed by atoms with Gasteiger partial charge in [0, 0.05) is 12.6 Å². The van der Waals surface area contributed by atoms with E-state index in [2.05, 4.69) is 5.10 Å². The van der Waals surface area contributed by atoms with Crippen molar-refractivity contribution >= 4 is 5.97 Å². The Morgan fingerprint density at radius 1 is 1.26 bits per heavy atom. The van der Waals surface area contributed by atoms with Gasteiger partial charge in [-0.15, -0.1) is 0 Å². The molecular formula is C14H14N2O3. The second-order valence-electron chi connectivity index (χ2n) is 4.49. The number of rotatable bonds is 2. The molecule has 0 unspecified atom stereocenters. The first-order chi connectivity index (χ1) is 8.91. The summed E-state index contributed by atoms with van der Waals surface area (Å²) in [7, 11) is 1.43. The van der Waals surface area contributed by atoms with Gasteiger partial charge < -0.3 is 5.11 Å². The number of benzene rings is 1.